The van der Waals surface area contributed by atoms with Gasteiger partial charge in [-0.3, -0.25) is 10.1 Å². The molecule has 5 nitrogen and oxygen atoms in total. The molecule has 176 valence electrons. The third-order valence-corrected chi connectivity index (χ3v) is 7.56. The molecule has 0 atom stereocenters. The Morgan fingerprint density at radius 1 is 0.800 bits per heavy atom. The van der Waals surface area contributed by atoms with E-state index in [0.717, 1.165) is 54.9 Å². The van der Waals surface area contributed by atoms with Gasteiger partial charge in [-0.25, -0.2) is 4.98 Å². The maximum Gasteiger partial charge on any atom is 0.253 e. The number of carbonyl (C=O) groups excluding carboxylic acids is 1. The molecule has 0 spiro atoms. The summed E-state index contributed by atoms with van der Waals surface area (Å²) in [6, 6.07) is 32.8. The number of nitrogens with one attached hydrogen (secondary N) is 1. The molecule has 35 heavy (non-hydrogen) atoms. The van der Waals surface area contributed by atoms with Crippen LogP contribution in [0.25, 0.3) is 10.9 Å². The molecule has 5 heteroatoms. The average Bonchev–Trinajstić information content (AvgIpc) is 3.26. The standard InChI is InChI=1S/C30H30N4O/c35-29-30(25-10-3-1-4-11-25,26-12-5-2-6-13-26)31-22-34(29)21-23-17-19-33(20-18-23)28-16-15-24-9-7-8-14-27(24)32-28/h1-16,23,31H,17-22H2. The van der Waals surface area contributed by atoms with Crippen molar-refractivity contribution in [2.45, 2.75) is 18.4 Å². The molecule has 3 aromatic carbocycles. The topological polar surface area (TPSA) is 48.5 Å². The summed E-state index contributed by atoms with van der Waals surface area (Å²) in [7, 11) is 0. The van der Waals surface area contributed by atoms with Gasteiger partial charge < -0.3 is 9.80 Å². The van der Waals surface area contributed by atoms with E-state index in [9.17, 15) is 4.79 Å². The van der Waals surface area contributed by atoms with Crippen molar-refractivity contribution in [3.8, 4) is 0 Å². The van der Waals surface area contributed by atoms with E-state index >= 15 is 0 Å². The fraction of sp³-hybridized carbons (Fsp3) is 0.267. The van der Waals surface area contributed by atoms with Gasteiger partial charge in [0.25, 0.3) is 5.91 Å². The molecule has 6 rings (SSSR count). The van der Waals surface area contributed by atoms with Gasteiger partial charge in [0.05, 0.1) is 12.2 Å². The molecule has 0 unspecified atom stereocenters. The number of pyridine rings is 1. The van der Waals surface area contributed by atoms with Crippen LogP contribution < -0.4 is 10.2 Å². The quantitative estimate of drug-likeness (QED) is 0.464. The molecule has 0 aliphatic carbocycles. The summed E-state index contributed by atoms with van der Waals surface area (Å²) in [5.74, 6) is 1.68. The van der Waals surface area contributed by atoms with Gasteiger partial charge in [0.15, 0.2) is 5.54 Å². The van der Waals surface area contributed by atoms with E-state index in [1.807, 2.05) is 53.4 Å². The molecule has 1 N–H and O–H groups in total. The van der Waals surface area contributed by atoms with E-state index in [4.69, 9.17) is 4.98 Å². The Morgan fingerprint density at radius 3 is 2.11 bits per heavy atom. The Labute approximate surface area is 206 Å². The van der Waals surface area contributed by atoms with Crippen LogP contribution >= 0.6 is 0 Å². The van der Waals surface area contributed by atoms with Crippen LogP contribution in [0.1, 0.15) is 24.0 Å². The molecule has 4 aromatic rings. The van der Waals surface area contributed by atoms with Crippen LogP contribution in [0.4, 0.5) is 5.82 Å². The average molecular weight is 463 g/mol. The van der Waals surface area contributed by atoms with Gasteiger partial charge in [-0.15, -0.1) is 0 Å². The normalized spacial score (nSPS) is 18.3. The third kappa shape index (κ3) is 3.96. The van der Waals surface area contributed by atoms with Gasteiger partial charge in [0.2, 0.25) is 0 Å². The molecule has 1 amide bonds. The molecule has 2 aliphatic rings. The summed E-state index contributed by atoms with van der Waals surface area (Å²) < 4.78 is 0. The third-order valence-electron chi connectivity index (χ3n) is 7.56. The lowest BCUT2D eigenvalue weighted by Crippen LogP contribution is -2.46. The molecule has 2 aliphatic heterocycles. The largest absolute Gasteiger partial charge is 0.357 e. The molecule has 2 saturated heterocycles. The summed E-state index contributed by atoms with van der Waals surface area (Å²) in [5.41, 5.74) is 2.21. The zero-order chi connectivity index (χ0) is 23.7. The minimum absolute atomic E-state index is 0.147. The number of hydrogen-bond donors (Lipinski definition) is 1. The number of fused-ring (bicyclic) bond motifs is 1. The van der Waals surface area contributed by atoms with Crippen LogP contribution in [0.3, 0.4) is 0 Å². The van der Waals surface area contributed by atoms with Crippen molar-refractivity contribution in [1.29, 1.82) is 0 Å². The van der Waals surface area contributed by atoms with E-state index in [1.165, 1.54) is 5.39 Å². The lowest BCUT2D eigenvalue weighted by Gasteiger charge is -2.35. The van der Waals surface area contributed by atoms with E-state index < -0.39 is 5.54 Å². The second-order valence-corrected chi connectivity index (χ2v) is 9.64. The van der Waals surface area contributed by atoms with E-state index in [1.54, 1.807) is 0 Å². The van der Waals surface area contributed by atoms with Crippen LogP contribution in [0.2, 0.25) is 0 Å². The zero-order valence-electron chi connectivity index (χ0n) is 19.8. The van der Waals surface area contributed by atoms with Gasteiger partial charge in [-0.2, -0.15) is 0 Å². The summed E-state index contributed by atoms with van der Waals surface area (Å²) in [5, 5.41) is 4.77. The number of carbonyl (C=O) groups is 1. The first-order chi connectivity index (χ1) is 17.2. The van der Waals surface area contributed by atoms with Crippen molar-refractivity contribution in [3.05, 3.63) is 108 Å². The Balaban J connectivity index is 1.16. The fourth-order valence-corrected chi connectivity index (χ4v) is 5.63. The Hall–Kier alpha value is -3.70. The van der Waals surface area contributed by atoms with Crippen molar-refractivity contribution < 1.29 is 4.79 Å². The number of amides is 1. The predicted molar refractivity (Wildman–Crippen MR) is 140 cm³/mol. The lowest BCUT2D eigenvalue weighted by atomic mass is 9.82. The first-order valence-electron chi connectivity index (χ1n) is 12.5. The van der Waals surface area contributed by atoms with Crippen molar-refractivity contribution >= 4 is 22.6 Å². The SMILES string of the molecule is O=C1N(CC2CCN(c3ccc4ccccc4n3)CC2)CNC1(c1ccccc1)c1ccccc1. The molecule has 0 bridgehead atoms. The summed E-state index contributed by atoms with van der Waals surface area (Å²) >= 11 is 0. The first-order valence-corrected chi connectivity index (χ1v) is 12.5. The van der Waals surface area contributed by atoms with Crippen LogP contribution in [-0.2, 0) is 10.3 Å². The fourth-order valence-electron chi connectivity index (χ4n) is 5.63. The Morgan fingerprint density at radius 2 is 1.43 bits per heavy atom. The first kappa shape index (κ1) is 21.8. The van der Waals surface area contributed by atoms with Crippen LogP contribution in [0, 0.1) is 5.92 Å². The van der Waals surface area contributed by atoms with Gasteiger partial charge in [0, 0.05) is 25.0 Å². The summed E-state index contributed by atoms with van der Waals surface area (Å²) in [4.78, 5) is 23.2. The highest BCUT2D eigenvalue weighted by atomic mass is 16.2. The summed E-state index contributed by atoms with van der Waals surface area (Å²) in [6.07, 6.45) is 2.12. The van der Waals surface area contributed by atoms with Crippen molar-refractivity contribution in [2.24, 2.45) is 5.92 Å². The predicted octanol–water partition coefficient (Wildman–Crippen LogP) is 4.78. The van der Waals surface area contributed by atoms with E-state index in [2.05, 4.69) is 58.7 Å². The number of hydrogen-bond acceptors (Lipinski definition) is 4. The molecule has 0 radical (unpaired) electrons. The number of rotatable bonds is 5. The Kier molecular flexibility index (Phi) is 5.71. The zero-order valence-corrected chi connectivity index (χ0v) is 19.8. The number of aromatic nitrogens is 1. The minimum Gasteiger partial charge on any atom is -0.357 e. The summed E-state index contributed by atoms with van der Waals surface area (Å²) in [6.45, 7) is 3.28. The second kappa shape index (κ2) is 9.16. The number of anilines is 1. The smallest absolute Gasteiger partial charge is 0.253 e. The van der Waals surface area contributed by atoms with E-state index in [0.29, 0.717) is 12.6 Å². The molecule has 2 fully saturated rings. The van der Waals surface area contributed by atoms with Crippen molar-refractivity contribution in [1.82, 2.24) is 15.2 Å². The highest BCUT2D eigenvalue weighted by Gasteiger charge is 2.49. The van der Waals surface area contributed by atoms with Crippen LogP contribution in [-0.4, -0.2) is 42.1 Å². The van der Waals surface area contributed by atoms with Crippen LogP contribution in [0.5, 0.6) is 0 Å². The monoisotopic (exact) mass is 462 g/mol. The molecular weight excluding hydrogens is 432 g/mol. The molecule has 1 aromatic heterocycles. The van der Waals surface area contributed by atoms with Crippen LogP contribution in [0.15, 0.2) is 97.1 Å². The maximum atomic E-state index is 14.0. The molecule has 3 heterocycles. The van der Waals surface area contributed by atoms with Gasteiger partial charge in [-0.1, -0.05) is 78.9 Å². The number of nitrogens with zero attached hydrogens (tertiary/aromatic N) is 3. The van der Waals surface area contributed by atoms with Gasteiger partial charge in [0.1, 0.15) is 5.82 Å². The van der Waals surface area contributed by atoms with Crippen molar-refractivity contribution in [2.75, 3.05) is 31.2 Å². The van der Waals surface area contributed by atoms with Crippen molar-refractivity contribution in [3.63, 3.8) is 0 Å². The number of piperidine rings is 1. The molecular formula is C30H30N4O. The maximum absolute atomic E-state index is 14.0. The number of benzene rings is 3. The van der Waals surface area contributed by atoms with E-state index in [-0.39, 0.29) is 5.91 Å². The highest BCUT2D eigenvalue weighted by Crippen LogP contribution is 2.36. The van der Waals surface area contributed by atoms with Gasteiger partial charge in [-0.05, 0) is 48.1 Å². The van der Waals surface area contributed by atoms with Gasteiger partial charge >= 0.3 is 0 Å². The Bertz CT molecular complexity index is 1280. The highest BCUT2D eigenvalue weighted by molar-refractivity contribution is 5.93. The minimum atomic E-state index is -0.821. The lowest BCUT2D eigenvalue weighted by molar-refractivity contribution is -0.132. The number of para-hydroxylation sites is 1. The molecule has 0 saturated carbocycles. The second-order valence-electron chi connectivity index (χ2n) is 9.64.